The van der Waals surface area contributed by atoms with Crippen molar-refractivity contribution in [1.82, 2.24) is 0 Å². The number of allylic oxidation sites excluding steroid dienone is 2. The summed E-state index contributed by atoms with van der Waals surface area (Å²) in [5.74, 6) is 6.79. The molecular formula is C27H20O3. The molecule has 0 aromatic heterocycles. The van der Waals surface area contributed by atoms with E-state index in [2.05, 4.69) is 11.8 Å². The van der Waals surface area contributed by atoms with Crippen LogP contribution in [0.2, 0.25) is 0 Å². The van der Waals surface area contributed by atoms with Gasteiger partial charge in [-0.25, -0.2) is 0 Å². The summed E-state index contributed by atoms with van der Waals surface area (Å²) in [6.07, 6.45) is 2.43. The van der Waals surface area contributed by atoms with Gasteiger partial charge in [0.05, 0.1) is 0 Å². The number of benzene rings is 3. The number of hydrogen-bond acceptors (Lipinski definition) is 3. The maximum atomic E-state index is 12.5. The lowest BCUT2D eigenvalue weighted by Gasteiger charge is -2.13. The predicted octanol–water partition coefficient (Wildman–Crippen LogP) is 5.40. The van der Waals surface area contributed by atoms with E-state index in [1.54, 1.807) is 24.3 Å². The molecule has 3 aromatic rings. The van der Waals surface area contributed by atoms with Gasteiger partial charge in [-0.05, 0) is 42.3 Å². The first-order valence-electron chi connectivity index (χ1n) is 9.85. The van der Waals surface area contributed by atoms with Crippen LogP contribution in [0.3, 0.4) is 0 Å². The van der Waals surface area contributed by atoms with Crippen molar-refractivity contribution >= 4 is 11.6 Å². The molecular weight excluding hydrogens is 372 g/mol. The number of carbonyl (C=O) groups excluding carboxylic acids is 2. The van der Waals surface area contributed by atoms with E-state index >= 15 is 0 Å². The summed E-state index contributed by atoms with van der Waals surface area (Å²) in [7, 11) is 0. The first-order valence-corrected chi connectivity index (χ1v) is 9.85. The monoisotopic (exact) mass is 392 g/mol. The van der Waals surface area contributed by atoms with Crippen LogP contribution in [0.1, 0.15) is 44.7 Å². The molecule has 0 atom stereocenters. The minimum Gasteiger partial charge on any atom is -0.489 e. The molecule has 0 unspecified atom stereocenters. The third-order valence-corrected chi connectivity index (χ3v) is 4.89. The highest BCUT2D eigenvalue weighted by Gasteiger charge is 2.24. The van der Waals surface area contributed by atoms with E-state index in [-0.39, 0.29) is 11.6 Å². The molecule has 1 aliphatic rings. The Balaban J connectivity index is 1.32. The molecule has 0 aliphatic heterocycles. The lowest BCUT2D eigenvalue weighted by atomic mass is 9.88. The number of rotatable bonds is 5. The number of carbonyl (C=O) groups is 2. The first-order chi connectivity index (χ1) is 14.7. The smallest absolute Gasteiger partial charge is 0.189 e. The molecule has 0 fully saturated rings. The zero-order valence-electron chi connectivity index (χ0n) is 16.4. The third-order valence-electron chi connectivity index (χ3n) is 4.89. The molecule has 30 heavy (non-hydrogen) atoms. The lowest BCUT2D eigenvalue weighted by molar-refractivity contribution is 0.0981. The molecule has 0 saturated heterocycles. The van der Waals surface area contributed by atoms with Crippen molar-refractivity contribution in [1.29, 1.82) is 0 Å². The molecule has 0 saturated carbocycles. The van der Waals surface area contributed by atoms with Crippen LogP contribution < -0.4 is 4.74 Å². The van der Waals surface area contributed by atoms with Gasteiger partial charge in [0, 0.05) is 28.7 Å². The molecule has 3 nitrogen and oxygen atoms in total. The number of fused-ring (bicyclic) bond motifs is 1. The van der Waals surface area contributed by atoms with E-state index < -0.39 is 0 Å². The highest BCUT2D eigenvalue weighted by atomic mass is 16.5. The molecule has 146 valence electrons. The quantitative estimate of drug-likeness (QED) is 0.546. The van der Waals surface area contributed by atoms with Gasteiger partial charge in [0.1, 0.15) is 12.4 Å². The molecule has 0 spiro atoms. The van der Waals surface area contributed by atoms with E-state index in [4.69, 9.17) is 4.74 Å². The Morgan fingerprint density at radius 2 is 1.47 bits per heavy atom. The summed E-state index contributed by atoms with van der Waals surface area (Å²) in [5, 5.41) is 0. The fraction of sp³-hybridized carbons (Fsp3) is 0.111. The van der Waals surface area contributed by atoms with E-state index in [1.165, 1.54) is 6.08 Å². The van der Waals surface area contributed by atoms with Crippen LogP contribution in [-0.2, 0) is 6.61 Å². The molecule has 0 amide bonds. The average Bonchev–Trinajstić information content (AvgIpc) is 2.80. The summed E-state index contributed by atoms with van der Waals surface area (Å²) in [6.45, 7) is 0.525. The van der Waals surface area contributed by atoms with Crippen LogP contribution in [0.5, 0.6) is 5.75 Å². The van der Waals surface area contributed by atoms with Gasteiger partial charge in [-0.3, -0.25) is 9.59 Å². The van der Waals surface area contributed by atoms with Crippen LogP contribution in [0, 0.1) is 11.8 Å². The molecule has 1 aliphatic carbocycles. The fourth-order valence-corrected chi connectivity index (χ4v) is 3.29. The minimum atomic E-state index is -0.112. The Hall–Kier alpha value is -3.90. The van der Waals surface area contributed by atoms with E-state index in [0.717, 1.165) is 16.9 Å². The van der Waals surface area contributed by atoms with E-state index in [1.807, 2.05) is 54.6 Å². The Morgan fingerprint density at radius 3 is 2.23 bits per heavy atom. The largest absolute Gasteiger partial charge is 0.489 e. The maximum Gasteiger partial charge on any atom is 0.189 e. The third kappa shape index (κ3) is 4.56. The molecule has 0 radical (unpaired) electrons. The van der Waals surface area contributed by atoms with Crippen molar-refractivity contribution in [2.24, 2.45) is 0 Å². The van der Waals surface area contributed by atoms with Crippen LogP contribution in [0.25, 0.3) is 0 Å². The summed E-state index contributed by atoms with van der Waals surface area (Å²) in [4.78, 5) is 24.7. The van der Waals surface area contributed by atoms with Crippen molar-refractivity contribution in [3.63, 3.8) is 0 Å². The number of Topliss-reactive ketones (excluding diaryl/α,β-unsaturated/α-hetero) is 1. The molecule has 0 heterocycles. The molecule has 3 aromatic carbocycles. The van der Waals surface area contributed by atoms with E-state index in [0.29, 0.717) is 36.1 Å². The second kappa shape index (κ2) is 9.07. The number of ketones is 2. The Bertz CT molecular complexity index is 1160. The van der Waals surface area contributed by atoms with Crippen molar-refractivity contribution in [2.75, 3.05) is 0 Å². The van der Waals surface area contributed by atoms with Gasteiger partial charge in [-0.15, -0.1) is 0 Å². The van der Waals surface area contributed by atoms with Crippen molar-refractivity contribution < 1.29 is 14.3 Å². The van der Waals surface area contributed by atoms with Gasteiger partial charge in [-0.2, -0.15) is 0 Å². The highest BCUT2D eigenvalue weighted by Crippen LogP contribution is 2.23. The lowest BCUT2D eigenvalue weighted by Crippen LogP contribution is -2.16. The topological polar surface area (TPSA) is 43.4 Å². The van der Waals surface area contributed by atoms with Crippen molar-refractivity contribution in [3.8, 4) is 17.6 Å². The zero-order valence-corrected chi connectivity index (χ0v) is 16.4. The van der Waals surface area contributed by atoms with Gasteiger partial charge in [0.25, 0.3) is 0 Å². The summed E-state index contributed by atoms with van der Waals surface area (Å²) in [6, 6.07) is 24.6. The SMILES string of the molecule is O=C1C=C(CCC#Cc2ccc(OCc3ccccc3)cc2)C(=O)c2ccccc21. The van der Waals surface area contributed by atoms with Crippen LogP contribution in [0.4, 0.5) is 0 Å². The molecule has 3 heteroatoms. The van der Waals surface area contributed by atoms with Gasteiger partial charge in [0.2, 0.25) is 0 Å². The molecule has 0 N–H and O–H groups in total. The van der Waals surface area contributed by atoms with E-state index in [9.17, 15) is 9.59 Å². The fourth-order valence-electron chi connectivity index (χ4n) is 3.29. The maximum absolute atomic E-state index is 12.5. The number of hydrogen-bond donors (Lipinski definition) is 0. The first kappa shape index (κ1) is 19.4. The van der Waals surface area contributed by atoms with Crippen LogP contribution in [0.15, 0.2) is 90.5 Å². The summed E-state index contributed by atoms with van der Waals surface area (Å²) < 4.78 is 5.78. The molecule has 4 rings (SSSR count). The number of ether oxygens (including phenoxy) is 1. The predicted molar refractivity (Wildman–Crippen MR) is 117 cm³/mol. The van der Waals surface area contributed by atoms with Crippen molar-refractivity contribution in [2.45, 2.75) is 19.4 Å². The van der Waals surface area contributed by atoms with Crippen molar-refractivity contribution in [3.05, 3.63) is 113 Å². The second-order valence-electron chi connectivity index (χ2n) is 7.01. The Morgan fingerprint density at radius 1 is 0.767 bits per heavy atom. The van der Waals surface area contributed by atoms with Crippen LogP contribution in [-0.4, -0.2) is 11.6 Å². The van der Waals surface area contributed by atoms with Gasteiger partial charge in [-0.1, -0.05) is 66.4 Å². The Labute approximate surface area is 176 Å². The second-order valence-corrected chi connectivity index (χ2v) is 7.01. The minimum absolute atomic E-state index is 0.0769. The summed E-state index contributed by atoms with van der Waals surface area (Å²) in [5.41, 5.74) is 3.49. The average molecular weight is 392 g/mol. The zero-order chi connectivity index (χ0) is 20.8. The molecule has 0 bridgehead atoms. The van der Waals surface area contributed by atoms with Gasteiger partial charge in [0.15, 0.2) is 11.6 Å². The summed E-state index contributed by atoms with van der Waals surface area (Å²) >= 11 is 0. The van der Waals surface area contributed by atoms with Gasteiger partial charge < -0.3 is 4.74 Å². The normalized spacial score (nSPS) is 12.5. The van der Waals surface area contributed by atoms with Crippen LogP contribution >= 0.6 is 0 Å². The highest BCUT2D eigenvalue weighted by molar-refractivity contribution is 6.24. The standard InChI is InChI=1S/C27H20O3/c28-26-18-22(27(29)25-13-7-6-12-24(25)26)11-5-4-8-20-14-16-23(17-15-20)30-19-21-9-2-1-3-10-21/h1-3,6-7,9-10,12-18H,5,11,19H2. The Kier molecular flexibility index (Phi) is 5.87. The van der Waals surface area contributed by atoms with Gasteiger partial charge >= 0.3 is 0 Å².